The third kappa shape index (κ3) is 7.10. The molecule has 27 heavy (non-hydrogen) atoms. The standard InChI is InChI=1S/C20H20NO.H3O4P/c22-20(18-10-3-1-4-11-18,19-12-5-2-6-13-19)14-9-17-21-15-7-8-16-21;1-5(2,3)4/h1-6,10-13,15,22H,7-8,16-17H2;(H3,1,2,3,4)/q+1;/p-1. The van der Waals surface area contributed by atoms with Gasteiger partial charge >= 0.3 is 0 Å². The van der Waals surface area contributed by atoms with E-state index in [0.29, 0.717) is 6.54 Å². The minimum Gasteiger partial charge on any atom is -0.756 e. The number of rotatable bonds is 3. The fourth-order valence-corrected chi connectivity index (χ4v) is 2.74. The highest BCUT2D eigenvalue weighted by Gasteiger charge is 2.29. The number of phosphoric acid groups is 1. The molecule has 7 heteroatoms. The van der Waals surface area contributed by atoms with Crippen LogP contribution in [0.25, 0.3) is 0 Å². The quantitative estimate of drug-likeness (QED) is 0.418. The zero-order valence-electron chi connectivity index (χ0n) is 14.7. The van der Waals surface area contributed by atoms with Crippen LogP contribution in [0, 0.1) is 11.8 Å². The molecular weight excluding hydrogens is 365 g/mol. The Hall–Kier alpha value is -2.26. The van der Waals surface area contributed by atoms with E-state index in [2.05, 4.69) is 22.6 Å². The maximum atomic E-state index is 11.2. The van der Waals surface area contributed by atoms with Crippen molar-refractivity contribution in [2.24, 2.45) is 0 Å². The maximum absolute atomic E-state index is 11.2. The zero-order valence-corrected chi connectivity index (χ0v) is 15.6. The van der Waals surface area contributed by atoms with Gasteiger partial charge in [0, 0.05) is 24.0 Å². The fourth-order valence-electron chi connectivity index (χ4n) is 2.74. The van der Waals surface area contributed by atoms with Crippen LogP contribution < -0.4 is 4.89 Å². The molecule has 6 nitrogen and oxygen atoms in total. The topological polar surface area (TPSA) is 104 Å². The van der Waals surface area contributed by atoms with Crippen LogP contribution in [0.5, 0.6) is 0 Å². The summed E-state index contributed by atoms with van der Waals surface area (Å²) in [5, 5.41) is 11.2. The van der Waals surface area contributed by atoms with Crippen LogP contribution in [0.2, 0.25) is 0 Å². The summed E-state index contributed by atoms with van der Waals surface area (Å²) in [6, 6.07) is 19.3. The molecule has 0 spiro atoms. The van der Waals surface area contributed by atoms with Gasteiger partial charge in [-0.2, -0.15) is 0 Å². The van der Waals surface area contributed by atoms with Gasteiger partial charge in [-0.05, 0) is 5.92 Å². The van der Waals surface area contributed by atoms with Crippen molar-refractivity contribution in [3.8, 4) is 11.8 Å². The molecule has 0 unspecified atom stereocenters. The number of hydrogen-bond acceptors (Lipinski definition) is 3. The van der Waals surface area contributed by atoms with Gasteiger partial charge in [-0.25, -0.2) is 4.58 Å². The van der Waals surface area contributed by atoms with Gasteiger partial charge < -0.3 is 19.8 Å². The SMILES string of the molecule is O=P([O-])(O)O.OC(C#CC[N+]1=CCCC1)(c1ccccc1)c1ccccc1. The number of hydrogen-bond donors (Lipinski definition) is 3. The molecule has 0 saturated carbocycles. The van der Waals surface area contributed by atoms with Crippen LogP contribution in [0.15, 0.2) is 60.7 Å². The van der Waals surface area contributed by atoms with E-state index in [4.69, 9.17) is 19.2 Å². The van der Waals surface area contributed by atoms with E-state index < -0.39 is 13.4 Å². The molecular formula is C20H22NO5P. The summed E-state index contributed by atoms with van der Waals surface area (Å²) in [6.45, 7) is 1.73. The molecule has 0 aliphatic carbocycles. The molecule has 1 aliphatic rings. The second-order valence-corrected chi connectivity index (χ2v) is 7.01. The first kappa shape index (κ1) is 21.0. The maximum Gasteiger partial charge on any atom is 0.262 e. The van der Waals surface area contributed by atoms with E-state index in [9.17, 15) is 5.11 Å². The van der Waals surface area contributed by atoms with Gasteiger partial charge in [-0.1, -0.05) is 66.6 Å². The molecule has 0 fully saturated rings. The first-order chi connectivity index (χ1) is 12.8. The lowest BCUT2D eigenvalue weighted by Gasteiger charge is -2.23. The summed E-state index contributed by atoms with van der Waals surface area (Å²) in [5.41, 5.74) is 0.348. The minimum absolute atomic E-state index is 0.669. The van der Waals surface area contributed by atoms with Crippen LogP contribution in [-0.4, -0.2) is 38.8 Å². The molecule has 1 heterocycles. The molecule has 3 N–H and O–H groups in total. The van der Waals surface area contributed by atoms with Crippen LogP contribution in [0.1, 0.15) is 24.0 Å². The summed E-state index contributed by atoms with van der Waals surface area (Å²) >= 11 is 0. The Morgan fingerprint density at radius 3 is 1.93 bits per heavy atom. The molecule has 0 saturated heterocycles. The lowest BCUT2D eigenvalue weighted by Crippen LogP contribution is -2.25. The van der Waals surface area contributed by atoms with Crippen molar-refractivity contribution in [1.82, 2.24) is 0 Å². The van der Waals surface area contributed by atoms with Gasteiger partial charge in [0.15, 0.2) is 5.60 Å². The Balaban J connectivity index is 0.000000465. The number of nitrogens with zero attached hydrogens (tertiary/aromatic N) is 1. The van der Waals surface area contributed by atoms with E-state index in [1.807, 2.05) is 60.7 Å². The molecule has 3 rings (SSSR count). The van der Waals surface area contributed by atoms with Crippen LogP contribution in [0.3, 0.4) is 0 Å². The summed E-state index contributed by atoms with van der Waals surface area (Å²) < 4.78 is 11.0. The van der Waals surface area contributed by atoms with Gasteiger partial charge in [-0.15, -0.1) is 0 Å². The third-order valence-electron chi connectivity index (χ3n) is 3.97. The van der Waals surface area contributed by atoms with Crippen molar-refractivity contribution in [2.45, 2.75) is 18.4 Å². The molecule has 0 amide bonds. The van der Waals surface area contributed by atoms with Crippen LogP contribution >= 0.6 is 7.82 Å². The predicted octanol–water partition coefficient (Wildman–Crippen LogP) is 1.24. The van der Waals surface area contributed by atoms with Gasteiger partial charge in [-0.3, -0.25) is 4.57 Å². The normalized spacial score (nSPS) is 13.7. The summed E-state index contributed by atoms with van der Waals surface area (Å²) in [5.74, 6) is 6.26. The second-order valence-electron chi connectivity index (χ2n) is 6.03. The Morgan fingerprint density at radius 1 is 1.04 bits per heavy atom. The van der Waals surface area contributed by atoms with E-state index in [1.165, 1.54) is 6.42 Å². The average Bonchev–Trinajstić information content (AvgIpc) is 3.15. The number of aliphatic hydroxyl groups is 1. The minimum atomic E-state index is -4.89. The van der Waals surface area contributed by atoms with Gasteiger partial charge in [0.25, 0.3) is 7.82 Å². The van der Waals surface area contributed by atoms with Crippen molar-refractivity contribution in [3.05, 3.63) is 71.8 Å². The predicted molar refractivity (Wildman–Crippen MR) is 101 cm³/mol. The number of benzene rings is 2. The molecule has 142 valence electrons. The van der Waals surface area contributed by atoms with Gasteiger partial charge in [0.1, 0.15) is 12.8 Å². The Labute approximate surface area is 158 Å². The first-order valence-corrected chi connectivity index (χ1v) is 9.99. The lowest BCUT2D eigenvalue weighted by atomic mass is 9.87. The van der Waals surface area contributed by atoms with Crippen molar-refractivity contribution in [3.63, 3.8) is 0 Å². The van der Waals surface area contributed by atoms with E-state index in [-0.39, 0.29) is 0 Å². The molecule has 2 aromatic rings. The highest BCUT2D eigenvalue weighted by molar-refractivity contribution is 7.43. The summed E-state index contributed by atoms with van der Waals surface area (Å²) in [4.78, 5) is 22.9. The Bertz CT molecular complexity index is 818. The highest BCUT2D eigenvalue weighted by atomic mass is 31.2. The second kappa shape index (κ2) is 9.61. The molecule has 0 bridgehead atoms. The summed E-state index contributed by atoms with van der Waals surface area (Å²) in [7, 11) is -4.89. The van der Waals surface area contributed by atoms with Crippen molar-refractivity contribution < 1.29 is 28.9 Å². The first-order valence-electron chi connectivity index (χ1n) is 8.46. The lowest BCUT2D eigenvalue weighted by molar-refractivity contribution is -0.503. The Morgan fingerprint density at radius 2 is 1.52 bits per heavy atom. The van der Waals surface area contributed by atoms with Gasteiger partial charge in [0.05, 0.1) is 0 Å². The largest absolute Gasteiger partial charge is 0.756 e. The molecule has 1 aliphatic heterocycles. The third-order valence-corrected chi connectivity index (χ3v) is 3.97. The molecule has 2 aromatic carbocycles. The highest BCUT2D eigenvalue weighted by Crippen LogP contribution is 2.28. The monoisotopic (exact) mass is 387 g/mol. The molecule has 0 aromatic heterocycles. The van der Waals surface area contributed by atoms with Crippen molar-refractivity contribution in [1.29, 1.82) is 0 Å². The van der Waals surface area contributed by atoms with E-state index in [0.717, 1.165) is 24.1 Å². The van der Waals surface area contributed by atoms with E-state index >= 15 is 0 Å². The van der Waals surface area contributed by atoms with Crippen molar-refractivity contribution in [2.75, 3.05) is 13.1 Å². The van der Waals surface area contributed by atoms with E-state index in [1.54, 1.807) is 0 Å². The zero-order chi connectivity index (χ0) is 19.8. The molecule has 0 atom stereocenters. The van der Waals surface area contributed by atoms with Crippen LogP contribution in [-0.2, 0) is 10.2 Å². The fraction of sp³-hybridized carbons (Fsp3) is 0.250. The van der Waals surface area contributed by atoms with Crippen LogP contribution in [0.4, 0.5) is 0 Å². The molecule has 0 radical (unpaired) electrons. The summed E-state index contributed by atoms with van der Waals surface area (Å²) in [6.07, 6.45) is 4.52. The average molecular weight is 387 g/mol. The van der Waals surface area contributed by atoms with Gasteiger partial charge in [0.2, 0.25) is 6.54 Å². The Kier molecular flexibility index (Phi) is 7.49. The van der Waals surface area contributed by atoms with Crippen molar-refractivity contribution >= 4 is 14.0 Å². The smallest absolute Gasteiger partial charge is 0.262 e.